The van der Waals surface area contributed by atoms with Crippen LogP contribution in [-0.2, 0) is 11.3 Å². The molecule has 3 amide bonds. The molecule has 0 fully saturated rings. The number of amides is 3. The van der Waals surface area contributed by atoms with E-state index in [9.17, 15) is 9.59 Å². The summed E-state index contributed by atoms with van der Waals surface area (Å²) < 4.78 is 5.31. The fourth-order valence-electron chi connectivity index (χ4n) is 4.56. The fourth-order valence-corrected chi connectivity index (χ4v) is 4.56. The maximum absolute atomic E-state index is 14.0. The van der Waals surface area contributed by atoms with Gasteiger partial charge < -0.3 is 15.4 Å². The van der Waals surface area contributed by atoms with Crippen molar-refractivity contribution in [2.75, 3.05) is 22.6 Å². The Morgan fingerprint density at radius 3 is 1.92 bits per heavy atom. The molecule has 38 heavy (non-hydrogen) atoms. The molecule has 6 nitrogen and oxygen atoms in total. The standard InChI is InChI=1S/C32H41N3O3/c1-20(2)25-11-13-26(14-12-25)35(19-24-9-15-27(38-8)16-10-24)32(37)34-31-28(21(3)4)17-18-29(33-23(7)36)30(31)22(5)6/h9-18,20-22H,19H2,1-8H3,(H,33,36)(H,34,37). The minimum atomic E-state index is -0.234. The molecule has 0 radical (unpaired) electrons. The third kappa shape index (κ3) is 6.94. The number of methoxy groups -OCH3 is 1. The third-order valence-electron chi connectivity index (χ3n) is 6.64. The number of benzene rings is 3. The van der Waals surface area contributed by atoms with Gasteiger partial charge in [0.2, 0.25) is 5.91 Å². The minimum Gasteiger partial charge on any atom is -0.497 e. The lowest BCUT2D eigenvalue weighted by atomic mass is 9.91. The smallest absolute Gasteiger partial charge is 0.326 e. The highest BCUT2D eigenvalue weighted by Gasteiger charge is 2.24. The van der Waals surface area contributed by atoms with Crippen LogP contribution in [0.3, 0.4) is 0 Å². The number of urea groups is 1. The van der Waals surface area contributed by atoms with Crippen LogP contribution in [0, 0.1) is 0 Å². The number of ether oxygens (including phenoxy) is 1. The molecule has 3 aromatic rings. The van der Waals surface area contributed by atoms with Gasteiger partial charge >= 0.3 is 6.03 Å². The maximum atomic E-state index is 14.0. The molecule has 0 unspecified atom stereocenters. The number of hydrogen-bond acceptors (Lipinski definition) is 3. The average Bonchev–Trinajstić information content (AvgIpc) is 2.87. The van der Waals surface area contributed by atoms with E-state index >= 15 is 0 Å². The van der Waals surface area contributed by atoms with Crippen molar-refractivity contribution in [1.82, 2.24) is 0 Å². The van der Waals surface area contributed by atoms with Crippen LogP contribution >= 0.6 is 0 Å². The molecule has 2 N–H and O–H groups in total. The van der Waals surface area contributed by atoms with E-state index in [0.717, 1.165) is 39.5 Å². The summed E-state index contributed by atoms with van der Waals surface area (Å²) in [4.78, 5) is 27.7. The van der Waals surface area contributed by atoms with Crippen LogP contribution in [-0.4, -0.2) is 19.0 Å². The van der Waals surface area contributed by atoms with Crippen molar-refractivity contribution in [2.45, 2.75) is 72.8 Å². The molecule has 0 heterocycles. The second-order valence-electron chi connectivity index (χ2n) is 10.6. The van der Waals surface area contributed by atoms with Gasteiger partial charge in [0.1, 0.15) is 5.75 Å². The first-order valence-corrected chi connectivity index (χ1v) is 13.3. The Labute approximate surface area is 227 Å². The number of carbonyl (C=O) groups excluding carboxylic acids is 2. The van der Waals surface area contributed by atoms with Gasteiger partial charge in [-0.15, -0.1) is 0 Å². The number of hydrogen-bond donors (Lipinski definition) is 2. The van der Waals surface area contributed by atoms with Crippen LogP contribution in [0.5, 0.6) is 5.75 Å². The van der Waals surface area contributed by atoms with Gasteiger partial charge in [-0.1, -0.05) is 71.9 Å². The lowest BCUT2D eigenvalue weighted by Crippen LogP contribution is -2.35. The largest absolute Gasteiger partial charge is 0.497 e. The molecule has 0 bridgehead atoms. The summed E-state index contributed by atoms with van der Waals surface area (Å²) in [6.07, 6.45) is 0. The van der Waals surface area contributed by atoms with Crippen LogP contribution in [0.4, 0.5) is 21.9 Å². The van der Waals surface area contributed by atoms with Crippen LogP contribution in [0.2, 0.25) is 0 Å². The van der Waals surface area contributed by atoms with Crippen molar-refractivity contribution >= 4 is 29.0 Å². The summed E-state index contributed by atoms with van der Waals surface area (Å²) in [5.41, 5.74) is 6.41. The van der Waals surface area contributed by atoms with E-state index in [0.29, 0.717) is 12.5 Å². The van der Waals surface area contributed by atoms with Crippen molar-refractivity contribution in [1.29, 1.82) is 0 Å². The Hall–Kier alpha value is -3.80. The van der Waals surface area contributed by atoms with Crippen LogP contribution < -0.4 is 20.3 Å². The monoisotopic (exact) mass is 515 g/mol. The number of nitrogens with one attached hydrogen (secondary N) is 2. The summed E-state index contributed by atoms with van der Waals surface area (Å²) in [6, 6.07) is 19.6. The molecule has 202 valence electrons. The van der Waals surface area contributed by atoms with Gasteiger partial charge in [0, 0.05) is 23.9 Å². The first kappa shape index (κ1) is 28.8. The Bertz CT molecular complexity index is 1250. The molecule has 0 aliphatic heterocycles. The lowest BCUT2D eigenvalue weighted by Gasteiger charge is -2.28. The molecular weight excluding hydrogens is 474 g/mol. The Balaban J connectivity index is 2.07. The van der Waals surface area contributed by atoms with Gasteiger partial charge in [0.25, 0.3) is 0 Å². The van der Waals surface area contributed by atoms with E-state index in [4.69, 9.17) is 4.74 Å². The van der Waals surface area contributed by atoms with Crippen molar-refractivity contribution in [3.8, 4) is 5.75 Å². The second-order valence-corrected chi connectivity index (χ2v) is 10.6. The predicted octanol–water partition coefficient (Wildman–Crippen LogP) is 8.26. The van der Waals surface area contributed by atoms with Crippen molar-refractivity contribution in [3.63, 3.8) is 0 Å². The van der Waals surface area contributed by atoms with Gasteiger partial charge in [0.05, 0.1) is 19.3 Å². The van der Waals surface area contributed by atoms with Gasteiger partial charge in [-0.05, 0) is 64.8 Å². The SMILES string of the molecule is COc1ccc(CN(C(=O)Nc2c(C(C)C)ccc(NC(C)=O)c2C(C)C)c2ccc(C(C)C)cc2)cc1. The van der Waals surface area contributed by atoms with E-state index in [1.165, 1.54) is 12.5 Å². The quantitative estimate of drug-likeness (QED) is 0.301. The van der Waals surface area contributed by atoms with Crippen molar-refractivity contribution < 1.29 is 14.3 Å². The molecule has 0 saturated carbocycles. The van der Waals surface area contributed by atoms with Gasteiger partial charge in [-0.3, -0.25) is 9.69 Å². The molecule has 0 spiro atoms. The van der Waals surface area contributed by atoms with E-state index in [2.05, 4.69) is 64.3 Å². The van der Waals surface area contributed by atoms with Crippen LogP contribution in [0.1, 0.15) is 88.5 Å². The molecule has 0 aromatic heterocycles. The molecular formula is C32H41N3O3. The Morgan fingerprint density at radius 1 is 0.789 bits per heavy atom. The highest BCUT2D eigenvalue weighted by Crippen LogP contribution is 2.38. The number of rotatable bonds is 9. The number of carbonyl (C=O) groups is 2. The highest BCUT2D eigenvalue weighted by atomic mass is 16.5. The molecule has 0 saturated heterocycles. The summed E-state index contributed by atoms with van der Waals surface area (Å²) in [6.45, 7) is 14.5. The van der Waals surface area contributed by atoms with E-state index in [1.54, 1.807) is 12.0 Å². The van der Waals surface area contributed by atoms with Gasteiger partial charge in [-0.25, -0.2) is 4.79 Å². The zero-order chi connectivity index (χ0) is 28.0. The Morgan fingerprint density at radius 2 is 1.42 bits per heavy atom. The summed E-state index contributed by atoms with van der Waals surface area (Å²) in [5.74, 6) is 1.27. The summed E-state index contributed by atoms with van der Waals surface area (Å²) in [5, 5.41) is 6.19. The predicted molar refractivity (Wildman–Crippen MR) is 158 cm³/mol. The van der Waals surface area contributed by atoms with E-state index in [1.807, 2.05) is 48.5 Å². The topological polar surface area (TPSA) is 70.7 Å². The molecule has 6 heteroatoms. The second kappa shape index (κ2) is 12.6. The molecule has 3 rings (SSSR count). The minimum absolute atomic E-state index is 0.0752. The number of nitrogens with zero attached hydrogens (tertiary/aromatic N) is 1. The number of anilines is 3. The zero-order valence-corrected chi connectivity index (χ0v) is 23.9. The average molecular weight is 516 g/mol. The highest BCUT2D eigenvalue weighted by molar-refractivity contribution is 6.04. The third-order valence-corrected chi connectivity index (χ3v) is 6.64. The van der Waals surface area contributed by atoms with E-state index in [-0.39, 0.29) is 23.8 Å². The molecule has 0 atom stereocenters. The Kier molecular flexibility index (Phi) is 9.56. The normalized spacial score (nSPS) is 11.1. The summed E-state index contributed by atoms with van der Waals surface area (Å²) in [7, 11) is 1.64. The van der Waals surface area contributed by atoms with Gasteiger partial charge in [-0.2, -0.15) is 0 Å². The zero-order valence-electron chi connectivity index (χ0n) is 23.9. The maximum Gasteiger partial charge on any atom is 0.326 e. The first-order chi connectivity index (χ1) is 18.0. The lowest BCUT2D eigenvalue weighted by molar-refractivity contribution is -0.114. The van der Waals surface area contributed by atoms with Crippen LogP contribution in [0.15, 0.2) is 60.7 Å². The van der Waals surface area contributed by atoms with Crippen molar-refractivity contribution in [3.05, 3.63) is 82.9 Å². The first-order valence-electron chi connectivity index (χ1n) is 13.3. The molecule has 0 aliphatic carbocycles. The summed E-state index contributed by atoms with van der Waals surface area (Å²) >= 11 is 0. The van der Waals surface area contributed by atoms with Crippen LogP contribution in [0.25, 0.3) is 0 Å². The molecule has 0 aliphatic rings. The molecule has 3 aromatic carbocycles. The van der Waals surface area contributed by atoms with Crippen molar-refractivity contribution in [2.24, 2.45) is 0 Å². The fraction of sp³-hybridized carbons (Fsp3) is 0.375. The van der Waals surface area contributed by atoms with Gasteiger partial charge in [0.15, 0.2) is 0 Å². The van der Waals surface area contributed by atoms with E-state index < -0.39 is 0 Å².